The lowest BCUT2D eigenvalue weighted by Crippen LogP contribution is -2.19. The molecule has 2 fully saturated rings. The van der Waals surface area contributed by atoms with Gasteiger partial charge in [-0.2, -0.15) is 8.78 Å². The van der Waals surface area contributed by atoms with E-state index < -0.39 is 6.61 Å². The van der Waals surface area contributed by atoms with E-state index in [1.807, 2.05) is 0 Å². The standard InChI is InChI=1S/C16H19F2NO3/c17-16(18)22-13-5-4-11(12-7-15(20)19-8-12)6-14(13)21-9-10-2-1-3-10/h4-6,10,12,16H,1-3,7-9H2,(H,19,20). The highest BCUT2D eigenvalue weighted by Crippen LogP contribution is 2.35. The molecule has 1 aliphatic heterocycles. The minimum atomic E-state index is -2.88. The van der Waals surface area contributed by atoms with Crippen LogP contribution in [0.2, 0.25) is 0 Å². The summed E-state index contributed by atoms with van der Waals surface area (Å²) in [5, 5.41) is 2.77. The second-order valence-electron chi connectivity index (χ2n) is 5.90. The molecule has 6 heteroatoms. The van der Waals surface area contributed by atoms with Crippen molar-refractivity contribution in [2.24, 2.45) is 5.92 Å². The van der Waals surface area contributed by atoms with Crippen molar-refractivity contribution in [2.45, 2.75) is 38.2 Å². The van der Waals surface area contributed by atoms with Gasteiger partial charge in [0.25, 0.3) is 0 Å². The number of amides is 1. The van der Waals surface area contributed by atoms with Crippen LogP contribution in [0.5, 0.6) is 11.5 Å². The van der Waals surface area contributed by atoms with Gasteiger partial charge in [0.2, 0.25) is 5.91 Å². The molecular formula is C16H19F2NO3. The Morgan fingerprint density at radius 3 is 2.68 bits per heavy atom. The fourth-order valence-corrected chi connectivity index (χ4v) is 2.79. The van der Waals surface area contributed by atoms with Gasteiger partial charge in [-0.05, 0) is 36.5 Å². The summed E-state index contributed by atoms with van der Waals surface area (Å²) in [5.41, 5.74) is 0.906. The molecule has 1 saturated carbocycles. The third kappa shape index (κ3) is 3.48. The number of carbonyl (C=O) groups is 1. The van der Waals surface area contributed by atoms with Crippen LogP contribution in [-0.2, 0) is 4.79 Å². The predicted octanol–water partition coefficient (Wildman–Crippen LogP) is 3.07. The van der Waals surface area contributed by atoms with Crippen LogP contribution in [0.1, 0.15) is 37.2 Å². The maximum absolute atomic E-state index is 12.5. The van der Waals surface area contributed by atoms with Gasteiger partial charge in [0.1, 0.15) is 0 Å². The van der Waals surface area contributed by atoms with Gasteiger partial charge in [-0.15, -0.1) is 0 Å². The van der Waals surface area contributed by atoms with Crippen LogP contribution >= 0.6 is 0 Å². The van der Waals surface area contributed by atoms with Gasteiger partial charge >= 0.3 is 6.61 Å². The number of nitrogens with one attached hydrogen (secondary N) is 1. The maximum atomic E-state index is 12.5. The first-order chi connectivity index (χ1) is 10.6. The van der Waals surface area contributed by atoms with Crippen LogP contribution in [0.3, 0.4) is 0 Å². The van der Waals surface area contributed by atoms with E-state index >= 15 is 0 Å². The van der Waals surface area contributed by atoms with Gasteiger partial charge in [0, 0.05) is 18.9 Å². The number of carbonyl (C=O) groups excluding carboxylic acids is 1. The molecule has 1 saturated heterocycles. The van der Waals surface area contributed by atoms with Crippen LogP contribution in [-0.4, -0.2) is 25.7 Å². The number of hydrogen-bond acceptors (Lipinski definition) is 3. The number of ether oxygens (including phenoxy) is 2. The summed E-state index contributed by atoms with van der Waals surface area (Å²) in [6.45, 7) is -1.80. The maximum Gasteiger partial charge on any atom is 0.387 e. The number of benzene rings is 1. The third-order valence-corrected chi connectivity index (χ3v) is 4.33. The van der Waals surface area contributed by atoms with Crippen molar-refractivity contribution < 1.29 is 23.0 Å². The number of rotatable bonds is 6. The monoisotopic (exact) mass is 311 g/mol. The Hall–Kier alpha value is -1.85. The molecule has 1 atom stereocenters. The Bertz CT molecular complexity index is 546. The Balaban J connectivity index is 1.75. The van der Waals surface area contributed by atoms with E-state index in [0.717, 1.165) is 18.4 Å². The predicted molar refractivity (Wildman–Crippen MR) is 76.3 cm³/mol. The molecule has 0 bridgehead atoms. The van der Waals surface area contributed by atoms with Crippen molar-refractivity contribution in [3.63, 3.8) is 0 Å². The molecule has 0 radical (unpaired) electrons. The number of halogens is 2. The molecule has 1 aromatic carbocycles. The van der Waals surface area contributed by atoms with E-state index in [9.17, 15) is 13.6 Å². The average Bonchev–Trinajstić information content (AvgIpc) is 2.85. The molecule has 1 amide bonds. The Morgan fingerprint density at radius 1 is 1.27 bits per heavy atom. The fraction of sp³-hybridized carbons (Fsp3) is 0.562. The minimum absolute atomic E-state index is 0.00911. The minimum Gasteiger partial charge on any atom is -0.489 e. The quantitative estimate of drug-likeness (QED) is 0.878. The second-order valence-corrected chi connectivity index (χ2v) is 5.90. The van der Waals surface area contributed by atoms with Crippen molar-refractivity contribution in [2.75, 3.05) is 13.2 Å². The van der Waals surface area contributed by atoms with Gasteiger partial charge < -0.3 is 14.8 Å². The molecular weight excluding hydrogens is 292 g/mol. The summed E-state index contributed by atoms with van der Waals surface area (Å²) in [6, 6.07) is 4.95. The largest absolute Gasteiger partial charge is 0.489 e. The SMILES string of the molecule is O=C1CC(c2ccc(OC(F)F)c(OCC3CCC3)c2)CN1. The average molecular weight is 311 g/mol. The van der Waals surface area contributed by atoms with Crippen molar-refractivity contribution >= 4 is 5.91 Å². The summed E-state index contributed by atoms with van der Waals surface area (Å²) < 4.78 is 35.2. The van der Waals surface area contributed by atoms with Gasteiger partial charge in [-0.3, -0.25) is 4.79 Å². The van der Waals surface area contributed by atoms with Gasteiger partial charge in [0.05, 0.1) is 6.61 Å². The van der Waals surface area contributed by atoms with Gasteiger partial charge in [0.15, 0.2) is 11.5 Å². The lowest BCUT2D eigenvalue weighted by molar-refractivity contribution is -0.119. The highest BCUT2D eigenvalue weighted by atomic mass is 19.3. The molecule has 1 heterocycles. The molecule has 1 unspecified atom stereocenters. The van der Waals surface area contributed by atoms with E-state index in [4.69, 9.17) is 4.74 Å². The van der Waals surface area contributed by atoms with E-state index in [1.54, 1.807) is 12.1 Å². The van der Waals surface area contributed by atoms with Crippen LogP contribution in [0, 0.1) is 5.92 Å². The van der Waals surface area contributed by atoms with E-state index in [1.165, 1.54) is 12.5 Å². The van der Waals surface area contributed by atoms with Gasteiger partial charge in [-0.1, -0.05) is 12.5 Å². The second kappa shape index (κ2) is 6.50. The topological polar surface area (TPSA) is 47.6 Å². The lowest BCUT2D eigenvalue weighted by Gasteiger charge is -2.26. The number of alkyl halides is 2. The first kappa shape index (κ1) is 15.1. The molecule has 4 nitrogen and oxygen atoms in total. The zero-order valence-corrected chi connectivity index (χ0v) is 12.2. The molecule has 3 rings (SSSR count). The molecule has 2 aliphatic rings. The lowest BCUT2D eigenvalue weighted by atomic mass is 9.86. The molecule has 120 valence electrons. The van der Waals surface area contributed by atoms with E-state index in [0.29, 0.717) is 31.2 Å². The number of hydrogen-bond donors (Lipinski definition) is 1. The molecule has 0 spiro atoms. The highest BCUT2D eigenvalue weighted by molar-refractivity contribution is 5.79. The van der Waals surface area contributed by atoms with Crippen molar-refractivity contribution in [1.29, 1.82) is 0 Å². The van der Waals surface area contributed by atoms with E-state index in [-0.39, 0.29) is 17.6 Å². The summed E-state index contributed by atoms with van der Waals surface area (Å²) >= 11 is 0. The summed E-state index contributed by atoms with van der Waals surface area (Å²) in [7, 11) is 0. The third-order valence-electron chi connectivity index (χ3n) is 4.33. The zero-order valence-electron chi connectivity index (χ0n) is 12.2. The van der Waals surface area contributed by atoms with E-state index in [2.05, 4.69) is 10.1 Å². The fourth-order valence-electron chi connectivity index (χ4n) is 2.79. The Kier molecular flexibility index (Phi) is 4.45. The molecule has 22 heavy (non-hydrogen) atoms. The molecule has 1 aromatic rings. The summed E-state index contributed by atoms with van der Waals surface area (Å²) in [6.07, 6.45) is 3.85. The van der Waals surface area contributed by atoms with Crippen molar-refractivity contribution in [1.82, 2.24) is 5.32 Å². The van der Waals surface area contributed by atoms with Crippen molar-refractivity contribution in [3.05, 3.63) is 23.8 Å². The van der Waals surface area contributed by atoms with Crippen LogP contribution < -0.4 is 14.8 Å². The van der Waals surface area contributed by atoms with Crippen molar-refractivity contribution in [3.8, 4) is 11.5 Å². The Labute approximate surface area is 127 Å². The normalized spacial score (nSPS) is 21.6. The molecule has 0 aromatic heterocycles. The molecule has 1 N–H and O–H groups in total. The smallest absolute Gasteiger partial charge is 0.387 e. The van der Waals surface area contributed by atoms with Gasteiger partial charge in [-0.25, -0.2) is 0 Å². The zero-order chi connectivity index (χ0) is 15.5. The first-order valence-corrected chi connectivity index (χ1v) is 7.60. The molecule has 1 aliphatic carbocycles. The van der Waals surface area contributed by atoms with Crippen LogP contribution in [0.25, 0.3) is 0 Å². The Morgan fingerprint density at radius 2 is 2.09 bits per heavy atom. The van der Waals surface area contributed by atoms with Crippen LogP contribution in [0.15, 0.2) is 18.2 Å². The summed E-state index contributed by atoms with van der Waals surface area (Å²) in [4.78, 5) is 11.3. The highest BCUT2D eigenvalue weighted by Gasteiger charge is 2.25. The first-order valence-electron chi connectivity index (χ1n) is 7.60. The van der Waals surface area contributed by atoms with Crippen LogP contribution in [0.4, 0.5) is 8.78 Å². The summed E-state index contributed by atoms with van der Waals surface area (Å²) in [5.74, 6) is 0.950.